The number of ether oxygens (including phenoxy) is 5. The van der Waals surface area contributed by atoms with Crippen LogP contribution in [0.25, 0.3) is 0 Å². The molecule has 0 aromatic heterocycles. The van der Waals surface area contributed by atoms with Gasteiger partial charge in [-0.15, -0.1) is 0 Å². The van der Waals surface area contributed by atoms with Crippen LogP contribution in [0.3, 0.4) is 0 Å². The maximum absolute atomic E-state index is 13.1. The molecule has 7 bridgehead atoms. The highest BCUT2D eigenvalue weighted by Gasteiger charge is 2.91. The first-order chi connectivity index (χ1) is 18.3. The lowest BCUT2D eigenvalue weighted by Gasteiger charge is -2.70. The number of aliphatic hydroxyl groups is 2. The van der Waals surface area contributed by atoms with Crippen LogP contribution in [-0.2, 0) is 23.7 Å². The third-order valence-corrected chi connectivity index (χ3v) is 11.7. The minimum Gasteiger partial charge on any atom is -0.386 e. The lowest BCUT2D eigenvalue weighted by atomic mass is 9.42. The number of nitrogens with zero attached hydrogens (tertiary/aromatic N) is 1. The summed E-state index contributed by atoms with van der Waals surface area (Å²) in [5, 5.41) is 25.9. The van der Waals surface area contributed by atoms with E-state index in [1.807, 2.05) is 7.11 Å². The molecule has 13 heteroatoms. The summed E-state index contributed by atoms with van der Waals surface area (Å²) in [6.45, 7) is 4.41. The van der Waals surface area contributed by atoms with Crippen LogP contribution >= 0.6 is 0 Å². The molecule has 0 amide bonds. The van der Waals surface area contributed by atoms with Crippen molar-refractivity contribution in [2.24, 2.45) is 34.5 Å². The fraction of sp³-hybridized carbons (Fsp3) is 1.00. The molecule has 1 unspecified atom stereocenters. The molecule has 6 fully saturated rings. The van der Waals surface area contributed by atoms with Gasteiger partial charge in [0, 0.05) is 77.1 Å². The van der Waals surface area contributed by atoms with E-state index in [9.17, 15) is 10.2 Å². The first kappa shape index (κ1) is 30.3. The van der Waals surface area contributed by atoms with E-state index in [4.69, 9.17) is 42.3 Å². The monoisotopic (exact) mass is 581 g/mol. The van der Waals surface area contributed by atoms with Gasteiger partial charge in [-0.2, -0.15) is 14.0 Å². The minimum absolute atomic E-state index is 0.0262. The number of likely N-dealkylation sites (N-methyl/N-ethyl adjacent to an activating group) is 1. The normalized spacial score (nSPS) is 53.4. The average molecular weight is 582 g/mol. The molecular weight excluding hydrogens is 538 g/mol. The van der Waals surface area contributed by atoms with Crippen LogP contribution in [-0.4, -0.2) is 117 Å². The first-order valence-corrected chi connectivity index (χ1v) is 15.0. The molecule has 6 aliphatic rings. The predicted octanol–water partition coefficient (Wildman–Crippen LogP) is -3.20. The number of hydrogen-bond donors (Lipinski definition) is 3. The quantitative estimate of drug-likeness (QED) is 0.274. The van der Waals surface area contributed by atoms with Gasteiger partial charge in [-0.05, 0) is 31.7 Å². The van der Waals surface area contributed by atoms with Crippen LogP contribution in [0.15, 0.2) is 0 Å². The van der Waals surface area contributed by atoms with Gasteiger partial charge in [0.15, 0.2) is 0 Å². The number of rotatable bonds is 7. The zero-order valence-electron chi connectivity index (χ0n) is 23.6. The summed E-state index contributed by atoms with van der Waals surface area (Å²) >= 11 is 0. The lowest BCUT2D eigenvalue weighted by molar-refractivity contribution is -1.92. The summed E-state index contributed by atoms with van der Waals surface area (Å²) in [5.74, 6) is 0.165. The van der Waals surface area contributed by atoms with Gasteiger partial charge in [-0.25, -0.2) is 0 Å². The van der Waals surface area contributed by atoms with E-state index in [0.717, 1.165) is 32.4 Å². The van der Waals surface area contributed by atoms with Crippen LogP contribution in [0.2, 0.25) is 0 Å². The number of halogens is 1. The standard InChI is InChI=1S/C26H43NO7.ClHO4/c1-7-27-12-23(13-30-2)9-8-17(32-4)25-15-10-14-16(31-3)11-24(28,18(15)19(14)33-5)26(29,22(25)27)21(34-6)20(23)25;2-1(3,4)5/h14-22,28-29H,7-13H2,1-6H3;(H,2,3,4,5)/t14-,15-,16+,17+,18-,19+,20-,21+,22?,23+,24-,25+,26+;/m1./s1. The molecule has 13 atom stereocenters. The predicted molar refractivity (Wildman–Crippen MR) is 126 cm³/mol. The summed E-state index contributed by atoms with van der Waals surface area (Å²) < 4.78 is 63.4. The van der Waals surface area contributed by atoms with Crippen molar-refractivity contribution < 1.29 is 62.8 Å². The average Bonchev–Trinajstić information content (AvgIpc) is 3.28. The van der Waals surface area contributed by atoms with Gasteiger partial charge in [-0.1, -0.05) is 6.92 Å². The van der Waals surface area contributed by atoms with Gasteiger partial charge in [0.1, 0.15) is 11.2 Å². The Balaban J connectivity index is 0.000000567. The third-order valence-electron chi connectivity index (χ3n) is 11.7. The highest BCUT2D eigenvalue weighted by atomic mass is 35.7. The third kappa shape index (κ3) is 3.68. The Hall–Kier alpha value is -0.190. The summed E-state index contributed by atoms with van der Waals surface area (Å²) in [7, 11) is 4.07. The largest absolute Gasteiger partial charge is 0.386 e. The van der Waals surface area contributed by atoms with E-state index in [2.05, 4.69) is 11.8 Å². The Labute approximate surface area is 231 Å². The van der Waals surface area contributed by atoms with Gasteiger partial charge in [0.25, 0.3) is 0 Å². The maximum atomic E-state index is 13.1. The number of likely N-dealkylation sites (tertiary alicyclic amines) is 1. The molecule has 5 saturated carbocycles. The van der Waals surface area contributed by atoms with Crippen molar-refractivity contribution in [2.75, 3.05) is 55.2 Å². The molecule has 226 valence electrons. The van der Waals surface area contributed by atoms with Gasteiger partial charge in [-0.3, -0.25) is 4.90 Å². The van der Waals surface area contributed by atoms with E-state index >= 15 is 0 Å². The van der Waals surface area contributed by atoms with E-state index in [0.29, 0.717) is 13.0 Å². The second-order valence-corrected chi connectivity index (χ2v) is 13.3. The molecule has 1 heterocycles. The second-order valence-electron chi connectivity index (χ2n) is 12.5. The molecule has 39 heavy (non-hydrogen) atoms. The van der Waals surface area contributed by atoms with Crippen LogP contribution in [0.4, 0.5) is 0 Å². The van der Waals surface area contributed by atoms with Crippen molar-refractivity contribution in [1.82, 2.24) is 4.90 Å². The topological polar surface area (TPSA) is 179 Å². The zero-order valence-corrected chi connectivity index (χ0v) is 24.3. The Kier molecular flexibility index (Phi) is 7.71. The van der Waals surface area contributed by atoms with Gasteiger partial charge in [0.2, 0.25) is 0 Å². The summed E-state index contributed by atoms with van der Waals surface area (Å²) in [6.07, 6.45) is 2.30. The first-order valence-electron chi connectivity index (χ1n) is 13.7. The lowest BCUT2D eigenvalue weighted by Crippen LogP contribution is -2.82. The van der Waals surface area contributed by atoms with Gasteiger partial charge in [0.05, 0.1) is 52.0 Å². The highest BCUT2D eigenvalue weighted by Crippen LogP contribution is 2.80. The fourth-order valence-electron chi connectivity index (χ4n) is 11.3. The van der Waals surface area contributed by atoms with Crippen LogP contribution < -0.4 is 14.0 Å². The molecule has 0 radical (unpaired) electrons. The molecule has 5 aliphatic carbocycles. The van der Waals surface area contributed by atoms with Crippen molar-refractivity contribution in [1.29, 1.82) is 0 Å². The summed E-state index contributed by atoms with van der Waals surface area (Å²) in [4.78, 5) is 2.43. The van der Waals surface area contributed by atoms with Crippen LogP contribution in [0.5, 0.6) is 0 Å². The number of methoxy groups -OCH3 is 5. The molecule has 3 N–H and O–H groups in total. The van der Waals surface area contributed by atoms with E-state index in [1.54, 1.807) is 28.4 Å². The molecule has 1 aliphatic heterocycles. The van der Waals surface area contributed by atoms with Crippen molar-refractivity contribution in [3.05, 3.63) is 0 Å². The minimum atomic E-state index is -4.69. The zero-order chi connectivity index (χ0) is 28.8. The van der Waals surface area contributed by atoms with Crippen LogP contribution in [0, 0.1) is 44.7 Å². The second kappa shape index (κ2) is 9.94. The van der Waals surface area contributed by atoms with E-state index < -0.39 is 27.5 Å². The molecule has 12 nitrogen and oxygen atoms in total. The van der Waals surface area contributed by atoms with E-state index in [-0.39, 0.29) is 58.9 Å². The molecule has 1 saturated heterocycles. The highest BCUT2D eigenvalue weighted by molar-refractivity contribution is 5.41. The van der Waals surface area contributed by atoms with Crippen molar-refractivity contribution >= 4 is 0 Å². The summed E-state index contributed by atoms with van der Waals surface area (Å²) in [6, 6.07) is -0.256. The van der Waals surface area contributed by atoms with Crippen molar-refractivity contribution in [2.45, 2.75) is 74.3 Å². The Bertz CT molecular complexity index is 919. The SMILES string of the molecule is CCN1C[C@]2(COC)CC[C@H](OC)[C@]34C1[C@@](O)([C@@H](OC)[C@H]23)[C@@]1(O)C[C@H](OC)[C@H]2C[C@@H]4[C@@H]1[C@H]2OC.[O-][Cl+3]([O-])([O-])O. The van der Waals surface area contributed by atoms with Gasteiger partial charge >= 0.3 is 0 Å². The van der Waals surface area contributed by atoms with Crippen molar-refractivity contribution in [3.8, 4) is 0 Å². The maximum Gasteiger partial charge on any atom is 0.136 e. The Morgan fingerprint density at radius 2 is 1.67 bits per heavy atom. The molecule has 0 aromatic rings. The fourth-order valence-corrected chi connectivity index (χ4v) is 11.3. The molecule has 6 rings (SSSR count). The van der Waals surface area contributed by atoms with Crippen LogP contribution in [0.1, 0.15) is 32.6 Å². The van der Waals surface area contributed by atoms with Gasteiger partial charge < -0.3 is 33.9 Å². The molecular formula is C26H44ClNO11. The summed E-state index contributed by atoms with van der Waals surface area (Å²) in [5.41, 5.74) is -3.38. The molecule has 1 spiro atoms. The van der Waals surface area contributed by atoms with E-state index in [1.165, 1.54) is 0 Å². The van der Waals surface area contributed by atoms with Crippen molar-refractivity contribution in [3.63, 3.8) is 0 Å². The smallest absolute Gasteiger partial charge is 0.136 e. The Morgan fingerprint density at radius 3 is 2.18 bits per heavy atom. The number of fused-ring (bicyclic) bond motifs is 2. The number of hydrogen-bond acceptors (Lipinski definition) is 12. The Morgan fingerprint density at radius 1 is 1.00 bits per heavy atom. The molecule has 0 aromatic carbocycles. The number of piperidine rings is 1.